The maximum atomic E-state index is 12.9. The second-order valence-electron chi connectivity index (χ2n) is 8.29. The molecule has 1 saturated heterocycles. The minimum absolute atomic E-state index is 0.302. The molecule has 0 atom stereocenters. The van der Waals surface area contributed by atoms with Crippen LogP contribution in [0.3, 0.4) is 0 Å². The number of imidazole rings is 1. The summed E-state index contributed by atoms with van der Waals surface area (Å²) in [6.07, 6.45) is 8.89. The van der Waals surface area contributed by atoms with Crippen LogP contribution in [0.2, 0.25) is 0 Å². The normalized spacial score (nSPS) is 14.6. The molecule has 4 rings (SSSR count). The van der Waals surface area contributed by atoms with Gasteiger partial charge in [-0.3, -0.25) is 23.5 Å². The fraction of sp³-hybridized carbons (Fsp3) is 0.565. The van der Waals surface area contributed by atoms with Crippen molar-refractivity contribution in [3.63, 3.8) is 0 Å². The maximum Gasteiger partial charge on any atom is 0.332 e. The van der Waals surface area contributed by atoms with Crippen LogP contribution in [0.5, 0.6) is 0 Å². The zero-order valence-electron chi connectivity index (χ0n) is 18.9. The fourth-order valence-electron chi connectivity index (χ4n) is 4.14. The second-order valence-corrected chi connectivity index (χ2v) is 8.29. The van der Waals surface area contributed by atoms with Gasteiger partial charge in [-0.25, -0.2) is 9.78 Å². The molecule has 1 aliphatic rings. The Morgan fingerprint density at radius 2 is 1.72 bits per heavy atom. The molecular formula is C23H31N7O2. The summed E-state index contributed by atoms with van der Waals surface area (Å²) in [6.45, 7) is 8.41. The molecule has 0 radical (unpaired) electrons. The molecule has 0 amide bonds. The lowest BCUT2D eigenvalue weighted by molar-refractivity contribution is 0.255. The van der Waals surface area contributed by atoms with Gasteiger partial charge in [-0.15, -0.1) is 0 Å². The van der Waals surface area contributed by atoms with Crippen LogP contribution < -0.4 is 11.2 Å². The summed E-state index contributed by atoms with van der Waals surface area (Å²) >= 11 is 0. The zero-order valence-corrected chi connectivity index (χ0v) is 18.9. The van der Waals surface area contributed by atoms with Crippen LogP contribution in [0.1, 0.15) is 46.0 Å². The summed E-state index contributed by atoms with van der Waals surface area (Å²) in [5.74, 6) is 6.95. The molecule has 0 unspecified atom stereocenters. The van der Waals surface area contributed by atoms with E-state index in [1.165, 1.54) is 23.8 Å². The van der Waals surface area contributed by atoms with Crippen molar-refractivity contribution >= 4 is 11.2 Å². The highest BCUT2D eigenvalue weighted by Crippen LogP contribution is 2.18. The number of piperidine rings is 1. The van der Waals surface area contributed by atoms with E-state index < -0.39 is 0 Å². The quantitative estimate of drug-likeness (QED) is 0.571. The predicted molar refractivity (Wildman–Crippen MR) is 124 cm³/mol. The largest absolute Gasteiger partial charge is 0.332 e. The lowest BCUT2D eigenvalue weighted by Gasteiger charge is -2.23. The number of nitrogens with zero attached hydrogens (tertiary/aromatic N) is 6. The first kappa shape index (κ1) is 22.1. The van der Waals surface area contributed by atoms with Gasteiger partial charge in [0.05, 0.1) is 18.3 Å². The zero-order chi connectivity index (χ0) is 22.5. The van der Waals surface area contributed by atoms with Crippen LogP contribution in [-0.2, 0) is 19.6 Å². The Morgan fingerprint density at radius 1 is 1.00 bits per heavy atom. The maximum absolute atomic E-state index is 12.9. The standard InChI is InChI=1S/C23H31N7O2/c1-3-10-29-21-19(22(31)30(11-4-2)23(29)32)25-20(26-21)18-16-24-28(17-18)15-9-8-14-27-12-6-5-7-13-27/h16-17H,3-7,10-15H2,1-2H3,(H,25,26). The average Bonchev–Trinajstić information content (AvgIpc) is 3.45. The van der Waals surface area contributed by atoms with E-state index in [2.05, 4.69) is 31.8 Å². The third-order valence-electron chi connectivity index (χ3n) is 5.78. The number of aryl methyl sites for hydroxylation is 1. The van der Waals surface area contributed by atoms with Gasteiger partial charge in [0, 0.05) is 19.3 Å². The summed E-state index contributed by atoms with van der Waals surface area (Å²) in [6, 6.07) is 0. The lowest BCUT2D eigenvalue weighted by Crippen LogP contribution is -2.40. The highest BCUT2D eigenvalue weighted by Gasteiger charge is 2.18. The van der Waals surface area contributed by atoms with Crippen molar-refractivity contribution in [1.82, 2.24) is 33.8 Å². The molecular weight excluding hydrogens is 406 g/mol. The number of aromatic nitrogens is 6. The molecule has 1 N–H and O–H groups in total. The number of hydrogen-bond donors (Lipinski definition) is 1. The Bertz CT molecular complexity index is 1250. The number of H-pyrrole nitrogens is 1. The van der Waals surface area contributed by atoms with Gasteiger partial charge in [-0.1, -0.05) is 32.1 Å². The van der Waals surface area contributed by atoms with Crippen molar-refractivity contribution in [3.05, 3.63) is 33.2 Å². The summed E-state index contributed by atoms with van der Waals surface area (Å²) in [7, 11) is 0. The molecule has 0 saturated carbocycles. The van der Waals surface area contributed by atoms with E-state index in [0.29, 0.717) is 43.0 Å². The van der Waals surface area contributed by atoms with Gasteiger partial charge in [-0.2, -0.15) is 5.10 Å². The van der Waals surface area contributed by atoms with Crippen molar-refractivity contribution < 1.29 is 0 Å². The number of rotatable bonds is 7. The van der Waals surface area contributed by atoms with E-state index in [1.807, 2.05) is 20.0 Å². The Kier molecular flexibility index (Phi) is 6.90. The van der Waals surface area contributed by atoms with Crippen molar-refractivity contribution in [1.29, 1.82) is 0 Å². The SMILES string of the molecule is CCCn1c(=O)c2[nH]c(-c3cnn(CC#CCN4CCCCC4)c3)nc2n(CCC)c1=O. The topological polar surface area (TPSA) is 93.7 Å². The second kappa shape index (κ2) is 10.0. The Hall–Kier alpha value is -3.12. The van der Waals surface area contributed by atoms with Gasteiger partial charge in [0.2, 0.25) is 0 Å². The molecule has 170 valence electrons. The highest BCUT2D eigenvalue weighted by atomic mass is 16.2. The van der Waals surface area contributed by atoms with Crippen molar-refractivity contribution in [2.75, 3.05) is 19.6 Å². The van der Waals surface area contributed by atoms with Crippen LogP contribution in [0, 0.1) is 11.8 Å². The summed E-state index contributed by atoms with van der Waals surface area (Å²) in [4.78, 5) is 35.8. The first-order valence-electron chi connectivity index (χ1n) is 11.6. The highest BCUT2D eigenvalue weighted by molar-refractivity contribution is 5.75. The molecule has 1 aliphatic heterocycles. The van der Waals surface area contributed by atoms with Crippen LogP contribution in [0.4, 0.5) is 0 Å². The molecule has 32 heavy (non-hydrogen) atoms. The Morgan fingerprint density at radius 3 is 2.47 bits per heavy atom. The van der Waals surface area contributed by atoms with E-state index in [1.54, 1.807) is 15.4 Å². The molecule has 9 nitrogen and oxygen atoms in total. The van der Waals surface area contributed by atoms with Gasteiger partial charge in [0.1, 0.15) is 17.9 Å². The van der Waals surface area contributed by atoms with Gasteiger partial charge >= 0.3 is 5.69 Å². The summed E-state index contributed by atoms with van der Waals surface area (Å²) in [5, 5.41) is 4.38. The molecule has 4 heterocycles. The Labute approximate surface area is 187 Å². The van der Waals surface area contributed by atoms with E-state index in [4.69, 9.17) is 0 Å². The predicted octanol–water partition coefficient (Wildman–Crippen LogP) is 2.06. The van der Waals surface area contributed by atoms with Crippen molar-refractivity contribution in [3.8, 4) is 23.2 Å². The van der Waals surface area contributed by atoms with Crippen molar-refractivity contribution in [2.24, 2.45) is 0 Å². The Balaban J connectivity index is 1.57. The van der Waals surface area contributed by atoms with Crippen LogP contribution in [0.25, 0.3) is 22.6 Å². The molecule has 3 aromatic heterocycles. The first-order valence-corrected chi connectivity index (χ1v) is 11.6. The van der Waals surface area contributed by atoms with Crippen LogP contribution >= 0.6 is 0 Å². The monoisotopic (exact) mass is 437 g/mol. The molecule has 9 heteroatoms. The smallest absolute Gasteiger partial charge is 0.332 e. The minimum atomic E-state index is -0.325. The van der Waals surface area contributed by atoms with Gasteiger partial charge in [-0.05, 0) is 38.8 Å². The summed E-state index contributed by atoms with van der Waals surface area (Å²) in [5.41, 5.74) is 0.891. The number of hydrogen-bond acceptors (Lipinski definition) is 5. The molecule has 3 aromatic rings. The molecule has 1 fully saturated rings. The van der Waals surface area contributed by atoms with E-state index in [0.717, 1.165) is 31.6 Å². The van der Waals surface area contributed by atoms with Crippen molar-refractivity contribution in [2.45, 2.75) is 65.6 Å². The number of aromatic amines is 1. The first-order chi connectivity index (χ1) is 15.6. The molecule has 0 aromatic carbocycles. The van der Waals surface area contributed by atoms with E-state index >= 15 is 0 Å². The van der Waals surface area contributed by atoms with Gasteiger partial charge in [0.25, 0.3) is 5.56 Å². The number of fused-ring (bicyclic) bond motifs is 1. The fourth-order valence-corrected chi connectivity index (χ4v) is 4.14. The average molecular weight is 438 g/mol. The van der Waals surface area contributed by atoms with Crippen LogP contribution in [0.15, 0.2) is 22.0 Å². The number of likely N-dealkylation sites (tertiary alicyclic amines) is 1. The van der Waals surface area contributed by atoms with Gasteiger partial charge in [0.15, 0.2) is 5.65 Å². The third-order valence-corrected chi connectivity index (χ3v) is 5.78. The molecule has 0 aliphatic carbocycles. The van der Waals surface area contributed by atoms with E-state index in [-0.39, 0.29) is 11.2 Å². The van der Waals surface area contributed by atoms with Gasteiger partial charge < -0.3 is 4.98 Å². The number of nitrogens with one attached hydrogen (secondary N) is 1. The molecule has 0 bridgehead atoms. The van der Waals surface area contributed by atoms with Crippen LogP contribution in [-0.4, -0.2) is 53.4 Å². The lowest BCUT2D eigenvalue weighted by atomic mass is 10.1. The minimum Gasteiger partial charge on any atom is -0.332 e. The molecule has 0 spiro atoms. The third kappa shape index (κ3) is 4.55. The summed E-state index contributed by atoms with van der Waals surface area (Å²) < 4.78 is 4.64. The van der Waals surface area contributed by atoms with E-state index in [9.17, 15) is 9.59 Å².